The van der Waals surface area contributed by atoms with E-state index in [9.17, 15) is 9.59 Å². The van der Waals surface area contributed by atoms with Crippen LogP contribution in [0.2, 0.25) is 5.02 Å². The molecule has 0 saturated carbocycles. The second-order valence-corrected chi connectivity index (χ2v) is 7.41. The number of hydrogen-bond acceptors (Lipinski definition) is 2. The highest BCUT2D eigenvalue weighted by atomic mass is 35.5. The molecule has 0 radical (unpaired) electrons. The SMILES string of the molecule is CC(C)CCN1C(=O)CCc2cc(NC(=O)c3ccccc3Cl)ccc21. The fraction of sp³-hybridized carbons (Fsp3) is 0.333. The molecule has 0 saturated heterocycles. The molecule has 0 atom stereocenters. The first-order chi connectivity index (χ1) is 12.5. The van der Waals surface area contributed by atoms with E-state index in [0.717, 1.165) is 24.2 Å². The van der Waals surface area contributed by atoms with Crippen molar-refractivity contribution in [3.05, 3.63) is 58.6 Å². The average molecular weight is 371 g/mol. The molecule has 0 spiro atoms. The molecular formula is C21H23ClN2O2. The molecule has 2 aromatic rings. The van der Waals surface area contributed by atoms with Crippen LogP contribution in [0.3, 0.4) is 0 Å². The highest BCUT2D eigenvalue weighted by Crippen LogP contribution is 2.31. The zero-order chi connectivity index (χ0) is 18.7. The van der Waals surface area contributed by atoms with Gasteiger partial charge in [0.2, 0.25) is 5.91 Å². The van der Waals surface area contributed by atoms with E-state index >= 15 is 0 Å². The normalized spacial score (nSPS) is 13.7. The van der Waals surface area contributed by atoms with Gasteiger partial charge in [-0.15, -0.1) is 0 Å². The van der Waals surface area contributed by atoms with E-state index in [-0.39, 0.29) is 11.8 Å². The number of anilines is 2. The second-order valence-electron chi connectivity index (χ2n) is 7.01. The third-order valence-corrected chi connectivity index (χ3v) is 4.92. The quantitative estimate of drug-likeness (QED) is 0.812. The molecule has 0 aromatic heterocycles. The summed E-state index contributed by atoms with van der Waals surface area (Å²) in [4.78, 5) is 26.6. The van der Waals surface area contributed by atoms with E-state index < -0.39 is 0 Å². The number of hydrogen-bond donors (Lipinski definition) is 1. The number of benzene rings is 2. The highest BCUT2D eigenvalue weighted by molar-refractivity contribution is 6.34. The Labute approximate surface area is 159 Å². The first-order valence-electron chi connectivity index (χ1n) is 8.95. The van der Waals surface area contributed by atoms with Crippen molar-refractivity contribution < 1.29 is 9.59 Å². The largest absolute Gasteiger partial charge is 0.322 e. The average Bonchev–Trinajstić information content (AvgIpc) is 2.61. The van der Waals surface area contributed by atoms with Gasteiger partial charge in [-0.25, -0.2) is 0 Å². The van der Waals surface area contributed by atoms with Crippen molar-refractivity contribution in [2.24, 2.45) is 5.92 Å². The minimum Gasteiger partial charge on any atom is -0.322 e. The van der Waals surface area contributed by atoms with Gasteiger partial charge in [-0.05, 0) is 54.7 Å². The van der Waals surface area contributed by atoms with Crippen LogP contribution in [0.25, 0.3) is 0 Å². The van der Waals surface area contributed by atoms with Crippen LogP contribution >= 0.6 is 11.6 Å². The fourth-order valence-electron chi connectivity index (χ4n) is 3.11. The number of nitrogens with one attached hydrogen (secondary N) is 1. The Hall–Kier alpha value is -2.33. The summed E-state index contributed by atoms with van der Waals surface area (Å²) in [6, 6.07) is 12.7. The third kappa shape index (κ3) is 4.07. The van der Waals surface area contributed by atoms with Crippen molar-refractivity contribution in [3.63, 3.8) is 0 Å². The molecule has 0 bridgehead atoms. The highest BCUT2D eigenvalue weighted by Gasteiger charge is 2.24. The molecule has 2 aromatic carbocycles. The van der Waals surface area contributed by atoms with Gasteiger partial charge in [-0.2, -0.15) is 0 Å². The van der Waals surface area contributed by atoms with Gasteiger partial charge in [-0.3, -0.25) is 9.59 Å². The summed E-state index contributed by atoms with van der Waals surface area (Å²) in [5.74, 6) is 0.479. The zero-order valence-corrected chi connectivity index (χ0v) is 15.8. The number of rotatable bonds is 5. The van der Waals surface area contributed by atoms with E-state index in [0.29, 0.717) is 35.0 Å². The molecule has 1 N–H and O–H groups in total. The van der Waals surface area contributed by atoms with E-state index in [2.05, 4.69) is 19.2 Å². The fourth-order valence-corrected chi connectivity index (χ4v) is 3.34. The van der Waals surface area contributed by atoms with Crippen LogP contribution in [-0.4, -0.2) is 18.4 Å². The summed E-state index contributed by atoms with van der Waals surface area (Å²) >= 11 is 6.09. The molecule has 3 rings (SSSR count). The van der Waals surface area contributed by atoms with Crippen LogP contribution < -0.4 is 10.2 Å². The van der Waals surface area contributed by atoms with Crippen molar-refractivity contribution in [2.45, 2.75) is 33.1 Å². The topological polar surface area (TPSA) is 49.4 Å². The van der Waals surface area contributed by atoms with Crippen LogP contribution in [0.15, 0.2) is 42.5 Å². The molecule has 1 aliphatic heterocycles. The molecule has 0 fully saturated rings. The van der Waals surface area contributed by atoms with Crippen LogP contribution in [-0.2, 0) is 11.2 Å². The van der Waals surface area contributed by atoms with Crippen molar-refractivity contribution >= 4 is 34.8 Å². The number of nitrogens with zero attached hydrogens (tertiary/aromatic N) is 1. The standard InChI is InChI=1S/C21H23ClN2O2/c1-14(2)11-12-24-19-9-8-16(13-15(19)7-10-20(24)25)23-21(26)17-5-3-4-6-18(17)22/h3-6,8-9,13-14H,7,10-12H2,1-2H3,(H,23,26). The van der Waals surface area contributed by atoms with Crippen LogP contribution in [0.1, 0.15) is 42.6 Å². The van der Waals surface area contributed by atoms with Gasteiger partial charge in [-0.1, -0.05) is 37.6 Å². The molecule has 0 unspecified atom stereocenters. The zero-order valence-electron chi connectivity index (χ0n) is 15.1. The molecule has 4 nitrogen and oxygen atoms in total. The number of amides is 2. The first kappa shape index (κ1) is 18.5. The third-order valence-electron chi connectivity index (χ3n) is 4.59. The molecule has 1 heterocycles. The summed E-state index contributed by atoms with van der Waals surface area (Å²) in [5, 5.41) is 3.32. The van der Waals surface area contributed by atoms with Crippen molar-refractivity contribution in [3.8, 4) is 0 Å². The summed E-state index contributed by atoms with van der Waals surface area (Å²) in [6.45, 7) is 5.04. The summed E-state index contributed by atoms with van der Waals surface area (Å²) in [6.07, 6.45) is 2.17. The monoisotopic (exact) mass is 370 g/mol. The summed E-state index contributed by atoms with van der Waals surface area (Å²) < 4.78 is 0. The molecule has 136 valence electrons. The number of aryl methyl sites for hydroxylation is 1. The summed E-state index contributed by atoms with van der Waals surface area (Å²) in [7, 11) is 0. The smallest absolute Gasteiger partial charge is 0.257 e. The first-order valence-corrected chi connectivity index (χ1v) is 9.32. The van der Waals surface area contributed by atoms with Gasteiger partial charge < -0.3 is 10.2 Å². The number of fused-ring (bicyclic) bond motifs is 1. The molecule has 1 aliphatic rings. The number of carbonyl (C=O) groups is 2. The lowest BCUT2D eigenvalue weighted by Gasteiger charge is -2.30. The Bertz CT molecular complexity index is 833. The van der Waals surface area contributed by atoms with Gasteiger partial charge in [0, 0.05) is 24.3 Å². The Balaban J connectivity index is 1.79. The number of halogens is 1. The molecule has 5 heteroatoms. The lowest BCUT2D eigenvalue weighted by molar-refractivity contribution is -0.118. The van der Waals surface area contributed by atoms with Crippen LogP contribution in [0, 0.1) is 5.92 Å². The lowest BCUT2D eigenvalue weighted by Crippen LogP contribution is -2.36. The number of carbonyl (C=O) groups excluding carboxylic acids is 2. The minimum atomic E-state index is -0.237. The van der Waals surface area contributed by atoms with Crippen molar-refractivity contribution in [1.29, 1.82) is 0 Å². The second kappa shape index (κ2) is 7.92. The maximum atomic E-state index is 12.4. The summed E-state index contributed by atoms with van der Waals surface area (Å²) in [5.41, 5.74) is 3.20. The van der Waals surface area contributed by atoms with Gasteiger partial charge in [0.25, 0.3) is 5.91 Å². The van der Waals surface area contributed by atoms with Crippen molar-refractivity contribution in [2.75, 3.05) is 16.8 Å². The van der Waals surface area contributed by atoms with E-state index in [1.54, 1.807) is 24.3 Å². The van der Waals surface area contributed by atoms with Gasteiger partial charge >= 0.3 is 0 Å². The van der Waals surface area contributed by atoms with Crippen molar-refractivity contribution in [1.82, 2.24) is 0 Å². The van der Waals surface area contributed by atoms with Gasteiger partial charge in [0.15, 0.2) is 0 Å². The van der Waals surface area contributed by atoms with Gasteiger partial charge in [0.05, 0.1) is 10.6 Å². The van der Waals surface area contributed by atoms with E-state index in [1.807, 2.05) is 23.1 Å². The Morgan fingerprint density at radius 1 is 1.19 bits per heavy atom. The molecule has 2 amide bonds. The Morgan fingerprint density at radius 3 is 2.69 bits per heavy atom. The predicted octanol–water partition coefficient (Wildman–Crippen LogP) is 4.92. The Morgan fingerprint density at radius 2 is 1.96 bits per heavy atom. The van der Waals surface area contributed by atoms with Crippen LogP contribution in [0.4, 0.5) is 11.4 Å². The maximum Gasteiger partial charge on any atom is 0.257 e. The van der Waals surface area contributed by atoms with Gasteiger partial charge in [0.1, 0.15) is 0 Å². The minimum absolute atomic E-state index is 0.172. The predicted molar refractivity (Wildman–Crippen MR) is 106 cm³/mol. The van der Waals surface area contributed by atoms with E-state index in [4.69, 9.17) is 11.6 Å². The maximum absolute atomic E-state index is 12.4. The lowest BCUT2D eigenvalue weighted by atomic mass is 9.99. The van der Waals surface area contributed by atoms with E-state index in [1.165, 1.54) is 0 Å². The molecule has 26 heavy (non-hydrogen) atoms. The Kier molecular flexibility index (Phi) is 5.62. The molecule has 0 aliphatic carbocycles. The van der Waals surface area contributed by atoms with Crippen LogP contribution in [0.5, 0.6) is 0 Å². The molecular weight excluding hydrogens is 348 g/mol.